The van der Waals surface area contributed by atoms with Gasteiger partial charge < -0.3 is 5.32 Å². The number of piperazine rings is 1. The maximum Gasteiger partial charge on any atom is 0.127 e. The lowest BCUT2D eigenvalue weighted by atomic mass is 10.1. The molecule has 1 aliphatic rings. The number of hydrogen-bond donors (Lipinski definition) is 1. The summed E-state index contributed by atoms with van der Waals surface area (Å²) in [7, 11) is 0. The van der Waals surface area contributed by atoms with Crippen molar-refractivity contribution in [2.75, 3.05) is 26.2 Å². The van der Waals surface area contributed by atoms with Gasteiger partial charge in [0.05, 0.1) is 0 Å². The third kappa shape index (κ3) is 2.73. The van der Waals surface area contributed by atoms with E-state index >= 15 is 0 Å². The number of rotatable bonds is 2. The lowest BCUT2D eigenvalue weighted by Crippen LogP contribution is -2.42. The third-order valence-corrected chi connectivity index (χ3v) is 3.35. The van der Waals surface area contributed by atoms with E-state index in [0.717, 1.165) is 38.3 Å². The minimum absolute atomic E-state index is 0.211. The van der Waals surface area contributed by atoms with Crippen molar-refractivity contribution in [1.29, 1.82) is 0 Å². The molecule has 2 nitrogen and oxygen atoms in total. The van der Waals surface area contributed by atoms with Crippen LogP contribution in [-0.2, 0) is 6.54 Å². The fraction of sp³-hybridized carbons (Fsp3) is 0.500. The van der Waals surface area contributed by atoms with E-state index in [2.05, 4.69) is 10.2 Å². The van der Waals surface area contributed by atoms with Crippen molar-refractivity contribution in [2.45, 2.75) is 13.5 Å². The Bertz CT molecular complexity index is 352. The maximum absolute atomic E-state index is 13.5. The summed E-state index contributed by atoms with van der Waals surface area (Å²) in [5, 5.41) is 3.81. The smallest absolute Gasteiger partial charge is 0.127 e. The molecule has 88 valence electrons. The molecule has 2 rings (SSSR count). The van der Waals surface area contributed by atoms with Gasteiger partial charge in [-0.05, 0) is 24.6 Å². The highest BCUT2D eigenvalue weighted by Crippen LogP contribution is 2.21. The van der Waals surface area contributed by atoms with Crippen LogP contribution in [0.4, 0.5) is 4.39 Å². The van der Waals surface area contributed by atoms with Crippen LogP contribution < -0.4 is 5.32 Å². The normalized spacial score (nSPS) is 17.7. The molecule has 16 heavy (non-hydrogen) atoms. The van der Waals surface area contributed by atoms with Crippen molar-refractivity contribution in [1.82, 2.24) is 10.2 Å². The highest BCUT2D eigenvalue weighted by molar-refractivity contribution is 6.31. The Balaban J connectivity index is 2.09. The monoisotopic (exact) mass is 242 g/mol. The summed E-state index contributed by atoms with van der Waals surface area (Å²) < 4.78 is 13.5. The Morgan fingerprint density at radius 2 is 2.06 bits per heavy atom. The zero-order valence-corrected chi connectivity index (χ0v) is 10.1. The fourth-order valence-electron chi connectivity index (χ4n) is 1.92. The predicted molar refractivity (Wildman–Crippen MR) is 64.3 cm³/mol. The van der Waals surface area contributed by atoms with E-state index in [1.54, 1.807) is 13.0 Å². The van der Waals surface area contributed by atoms with Crippen molar-refractivity contribution < 1.29 is 4.39 Å². The van der Waals surface area contributed by atoms with Crippen LogP contribution in [0.2, 0.25) is 5.02 Å². The van der Waals surface area contributed by atoms with E-state index in [-0.39, 0.29) is 5.82 Å². The first-order chi connectivity index (χ1) is 7.66. The largest absolute Gasteiger partial charge is 0.314 e. The molecule has 1 saturated heterocycles. The maximum atomic E-state index is 13.5. The zero-order chi connectivity index (χ0) is 11.5. The van der Waals surface area contributed by atoms with E-state index in [4.69, 9.17) is 11.6 Å². The van der Waals surface area contributed by atoms with E-state index in [1.807, 2.05) is 6.07 Å². The highest BCUT2D eigenvalue weighted by atomic mass is 35.5. The molecular weight excluding hydrogens is 227 g/mol. The van der Waals surface area contributed by atoms with Crippen LogP contribution in [-0.4, -0.2) is 31.1 Å². The van der Waals surface area contributed by atoms with Crippen LogP contribution in [0.1, 0.15) is 11.1 Å². The Hall–Kier alpha value is -0.640. The molecule has 1 aliphatic heterocycles. The van der Waals surface area contributed by atoms with Gasteiger partial charge in [-0.15, -0.1) is 0 Å². The first kappa shape index (κ1) is 11.8. The van der Waals surface area contributed by atoms with E-state index in [9.17, 15) is 4.39 Å². The molecular formula is C12H16ClFN2. The molecule has 0 unspecified atom stereocenters. The first-order valence-electron chi connectivity index (χ1n) is 5.54. The molecule has 4 heteroatoms. The van der Waals surface area contributed by atoms with Gasteiger partial charge in [0.15, 0.2) is 0 Å². The molecule has 0 radical (unpaired) electrons. The van der Waals surface area contributed by atoms with E-state index in [0.29, 0.717) is 10.6 Å². The summed E-state index contributed by atoms with van der Waals surface area (Å²) in [6.45, 7) is 6.50. The van der Waals surface area contributed by atoms with Gasteiger partial charge in [0.2, 0.25) is 0 Å². The minimum atomic E-state index is -0.211. The number of hydrogen-bond acceptors (Lipinski definition) is 2. The van der Waals surface area contributed by atoms with Crippen molar-refractivity contribution in [3.8, 4) is 0 Å². The summed E-state index contributed by atoms with van der Waals surface area (Å²) in [6.07, 6.45) is 0. The molecule has 1 aromatic rings. The molecule has 0 bridgehead atoms. The Morgan fingerprint density at radius 1 is 1.38 bits per heavy atom. The number of halogens is 2. The molecule has 1 fully saturated rings. The Morgan fingerprint density at radius 3 is 2.69 bits per heavy atom. The Labute approximate surface area is 100 Å². The van der Waals surface area contributed by atoms with Gasteiger partial charge >= 0.3 is 0 Å². The highest BCUT2D eigenvalue weighted by Gasteiger charge is 2.12. The van der Waals surface area contributed by atoms with E-state index < -0.39 is 0 Å². The summed E-state index contributed by atoms with van der Waals surface area (Å²) in [5.74, 6) is -0.211. The SMILES string of the molecule is Cc1c(F)cc(CN2CCNCC2)cc1Cl. The molecule has 0 atom stereocenters. The van der Waals surface area contributed by atoms with Crippen LogP contribution in [0.5, 0.6) is 0 Å². The van der Waals surface area contributed by atoms with Crippen LogP contribution in [0, 0.1) is 12.7 Å². The number of nitrogens with one attached hydrogen (secondary N) is 1. The van der Waals surface area contributed by atoms with Crippen LogP contribution >= 0.6 is 11.6 Å². The van der Waals surface area contributed by atoms with Gasteiger partial charge in [-0.2, -0.15) is 0 Å². The standard InChI is InChI=1S/C12H16ClFN2/c1-9-11(13)6-10(7-12(9)14)8-16-4-2-15-3-5-16/h6-7,15H,2-5,8H2,1H3. The predicted octanol–water partition coefficient (Wildman–Crippen LogP) is 2.19. The molecule has 1 heterocycles. The molecule has 0 aliphatic carbocycles. The fourth-order valence-corrected chi connectivity index (χ4v) is 2.15. The zero-order valence-electron chi connectivity index (χ0n) is 9.39. The van der Waals surface area contributed by atoms with Gasteiger partial charge in [-0.25, -0.2) is 4.39 Å². The van der Waals surface area contributed by atoms with Gasteiger partial charge in [-0.1, -0.05) is 11.6 Å². The van der Waals surface area contributed by atoms with Crippen LogP contribution in [0.3, 0.4) is 0 Å². The van der Waals surface area contributed by atoms with Gasteiger partial charge in [0.1, 0.15) is 5.82 Å². The van der Waals surface area contributed by atoms with E-state index in [1.165, 1.54) is 0 Å². The second-order valence-electron chi connectivity index (χ2n) is 4.21. The van der Waals surface area contributed by atoms with Crippen molar-refractivity contribution in [3.05, 3.63) is 34.1 Å². The number of nitrogens with zero attached hydrogens (tertiary/aromatic N) is 1. The lowest BCUT2D eigenvalue weighted by Gasteiger charge is -2.27. The molecule has 1 aromatic carbocycles. The number of benzene rings is 1. The van der Waals surface area contributed by atoms with Crippen molar-refractivity contribution in [3.63, 3.8) is 0 Å². The quantitative estimate of drug-likeness (QED) is 0.856. The van der Waals surface area contributed by atoms with Gasteiger partial charge in [-0.3, -0.25) is 4.90 Å². The second kappa shape index (κ2) is 5.13. The Kier molecular flexibility index (Phi) is 3.79. The van der Waals surface area contributed by atoms with Gasteiger partial charge in [0, 0.05) is 43.3 Å². The summed E-state index contributed by atoms with van der Waals surface area (Å²) in [5.41, 5.74) is 1.49. The topological polar surface area (TPSA) is 15.3 Å². The molecule has 0 saturated carbocycles. The average molecular weight is 243 g/mol. The molecule has 0 spiro atoms. The summed E-state index contributed by atoms with van der Waals surface area (Å²) in [4.78, 5) is 2.30. The lowest BCUT2D eigenvalue weighted by molar-refractivity contribution is 0.233. The van der Waals surface area contributed by atoms with Crippen LogP contribution in [0.15, 0.2) is 12.1 Å². The molecule has 0 amide bonds. The summed E-state index contributed by atoms with van der Waals surface area (Å²) in [6, 6.07) is 3.45. The minimum Gasteiger partial charge on any atom is -0.314 e. The molecule has 0 aromatic heterocycles. The first-order valence-corrected chi connectivity index (χ1v) is 5.92. The van der Waals surface area contributed by atoms with Crippen molar-refractivity contribution in [2.24, 2.45) is 0 Å². The average Bonchev–Trinajstić information content (AvgIpc) is 2.27. The van der Waals surface area contributed by atoms with Crippen LogP contribution in [0.25, 0.3) is 0 Å². The second-order valence-corrected chi connectivity index (χ2v) is 4.62. The van der Waals surface area contributed by atoms with Crippen molar-refractivity contribution >= 4 is 11.6 Å². The molecule has 1 N–H and O–H groups in total. The third-order valence-electron chi connectivity index (χ3n) is 2.96. The summed E-state index contributed by atoms with van der Waals surface area (Å²) >= 11 is 5.97. The van der Waals surface area contributed by atoms with Gasteiger partial charge in [0.25, 0.3) is 0 Å².